The van der Waals surface area contributed by atoms with Gasteiger partial charge in [-0.1, -0.05) is 12.1 Å². The van der Waals surface area contributed by atoms with E-state index in [4.69, 9.17) is 0 Å². The molecule has 0 saturated heterocycles. The Hall–Kier alpha value is -1.57. The zero-order chi connectivity index (χ0) is 15.6. The zero-order valence-electron chi connectivity index (χ0n) is 12.0. The monoisotopic (exact) mass is 324 g/mol. The molecule has 0 aliphatic heterocycles. The Morgan fingerprint density at radius 2 is 2.10 bits per heavy atom. The van der Waals surface area contributed by atoms with Crippen LogP contribution < -0.4 is 0 Å². The third-order valence-electron chi connectivity index (χ3n) is 3.00. The second-order valence-corrected chi connectivity index (χ2v) is 7.81. The van der Waals surface area contributed by atoms with Crippen molar-refractivity contribution in [1.29, 1.82) is 0 Å². The molecule has 0 fully saturated rings. The molecule has 0 N–H and O–H groups in total. The molecule has 0 aliphatic carbocycles. The highest BCUT2D eigenvalue weighted by atomic mass is 32.2. The molecule has 0 bridgehead atoms. The van der Waals surface area contributed by atoms with Gasteiger partial charge in [-0.15, -0.1) is 11.3 Å². The molecule has 0 radical (unpaired) electrons. The highest BCUT2D eigenvalue weighted by Crippen LogP contribution is 2.19. The number of ketones is 1. The summed E-state index contributed by atoms with van der Waals surface area (Å²) >= 11 is 1.48. The number of carbonyl (C=O) groups is 1. The molecule has 0 atom stereocenters. The zero-order valence-corrected chi connectivity index (χ0v) is 13.7. The molecule has 0 aliphatic rings. The maximum Gasteiger partial charge on any atom is 0.243 e. The van der Waals surface area contributed by atoms with Crippen LogP contribution in [0.1, 0.15) is 28.0 Å². The second-order valence-electron chi connectivity index (χ2n) is 4.70. The van der Waals surface area contributed by atoms with E-state index in [1.807, 2.05) is 12.3 Å². The normalized spacial score (nSPS) is 11.8. The van der Waals surface area contributed by atoms with Crippen molar-refractivity contribution in [3.05, 3.63) is 45.9 Å². The van der Waals surface area contributed by atoms with Crippen LogP contribution in [0.4, 0.5) is 0 Å². The summed E-state index contributed by atoms with van der Waals surface area (Å²) in [7, 11) is -2.13. The topological polar surface area (TPSA) is 67.3 Å². The lowest BCUT2D eigenvalue weighted by Crippen LogP contribution is -2.26. The maximum atomic E-state index is 12.5. The highest BCUT2D eigenvalue weighted by molar-refractivity contribution is 7.89. The van der Waals surface area contributed by atoms with E-state index < -0.39 is 10.0 Å². The lowest BCUT2D eigenvalue weighted by atomic mass is 10.2. The standard InChI is InChI=1S/C14H16N2O3S2/c1-10(17)12-5-4-6-14(7-12)21(18,19)16(3)8-13-9-20-11(2)15-13/h4-7,9H,8H2,1-3H3. The van der Waals surface area contributed by atoms with Gasteiger partial charge < -0.3 is 0 Å². The number of rotatable bonds is 5. The molecule has 0 saturated carbocycles. The average Bonchev–Trinajstić information content (AvgIpc) is 2.84. The molecule has 1 aromatic carbocycles. The van der Waals surface area contributed by atoms with Crippen LogP contribution >= 0.6 is 11.3 Å². The Labute approximate surface area is 128 Å². The summed E-state index contributed by atoms with van der Waals surface area (Å²) < 4.78 is 26.3. The van der Waals surface area contributed by atoms with E-state index in [9.17, 15) is 13.2 Å². The number of nitrogens with zero attached hydrogens (tertiary/aromatic N) is 2. The summed E-state index contributed by atoms with van der Waals surface area (Å²) in [5, 5.41) is 2.74. The molecule has 21 heavy (non-hydrogen) atoms. The van der Waals surface area contributed by atoms with E-state index in [1.54, 1.807) is 12.1 Å². The van der Waals surface area contributed by atoms with E-state index in [0.717, 1.165) is 5.01 Å². The number of hydrogen-bond acceptors (Lipinski definition) is 5. The molecule has 2 rings (SSSR count). The molecule has 0 unspecified atom stereocenters. The molecule has 5 nitrogen and oxygen atoms in total. The highest BCUT2D eigenvalue weighted by Gasteiger charge is 2.22. The summed E-state index contributed by atoms with van der Waals surface area (Å²) in [5.41, 5.74) is 1.10. The van der Waals surface area contributed by atoms with E-state index in [-0.39, 0.29) is 17.2 Å². The minimum atomic E-state index is -3.64. The van der Waals surface area contributed by atoms with Crippen molar-refractivity contribution < 1.29 is 13.2 Å². The van der Waals surface area contributed by atoms with Crippen LogP contribution in [-0.2, 0) is 16.6 Å². The molecular formula is C14H16N2O3S2. The van der Waals surface area contributed by atoms with Gasteiger partial charge in [0, 0.05) is 18.0 Å². The van der Waals surface area contributed by atoms with E-state index in [0.29, 0.717) is 11.3 Å². The van der Waals surface area contributed by atoms with Gasteiger partial charge in [0.15, 0.2) is 5.78 Å². The average molecular weight is 324 g/mol. The van der Waals surface area contributed by atoms with Crippen molar-refractivity contribution in [2.24, 2.45) is 0 Å². The number of sulfonamides is 1. The first kappa shape index (κ1) is 15.8. The van der Waals surface area contributed by atoms with Crippen LogP contribution in [0.5, 0.6) is 0 Å². The number of carbonyl (C=O) groups excluding carboxylic acids is 1. The molecule has 7 heteroatoms. The van der Waals surface area contributed by atoms with Gasteiger partial charge in [-0.3, -0.25) is 4.79 Å². The van der Waals surface area contributed by atoms with Gasteiger partial charge in [-0.25, -0.2) is 13.4 Å². The van der Waals surface area contributed by atoms with Gasteiger partial charge in [-0.05, 0) is 26.0 Å². The lowest BCUT2D eigenvalue weighted by Gasteiger charge is -2.16. The molecule has 1 aromatic heterocycles. The number of Topliss-reactive ketones (excluding diaryl/α,β-unsaturated/α-hetero) is 1. The Morgan fingerprint density at radius 1 is 1.38 bits per heavy atom. The number of benzene rings is 1. The Bertz CT molecular complexity index is 766. The summed E-state index contributed by atoms with van der Waals surface area (Å²) in [5.74, 6) is -0.162. The van der Waals surface area contributed by atoms with Crippen LogP contribution in [-0.4, -0.2) is 30.5 Å². The summed E-state index contributed by atoms with van der Waals surface area (Å²) in [6.07, 6.45) is 0. The minimum absolute atomic E-state index is 0.115. The fourth-order valence-corrected chi connectivity index (χ4v) is 3.64. The maximum absolute atomic E-state index is 12.5. The molecule has 0 spiro atoms. The predicted molar refractivity (Wildman–Crippen MR) is 82.0 cm³/mol. The first-order chi connectivity index (χ1) is 9.80. The minimum Gasteiger partial charge on any atom is -0.295 e. The Morgan fingerprint density at radius 3 is 2.67 bits per heavy atom. The Kier molecular flexibility index (Phi) is 4.55. The van der Waals surface area contributed by atoms with Crippen LogP contribution in [0.2, 0.25) is 0 Å². The summed E-state index contributed by atoms with van der Waals surface area (Å²) in [6, 6.07) is 6.07. The largest absolute Gasteiger partial charge is 0.295 e. The molecule has 2 aromatic rings. The number of thiazole rings is 1. The van der Waals surface area contributed by atoms with Gasteiger partial charge in [0.2, 0.25) is 10.0 Å². The smallest absolute Gasteiger partial charge is 0.243 e. The number of aromatic nitrogens is 1. The number of aryl methyl sites for hydroxylation is 1. The molecule has 1 heterocycles. The van der Waals surface area contributed by atoms with Gasteiger partial charge in [-0.2, -0.15) is 4.31 Å². The van der Waals surface area contributed by atoms with Crippen LogP contribution in [0.15, 0.2) is 34.5 Å². The fraction of sp³-hybridized carbons (Fsp3) is 0.286. The third-order valence-corrected chi connectivity index (χ3v) is 5.62. The SMILES string of the molecule is CC(=O)c1cccc(S(=O)(=O)N(C)Cc2csc(C)n2)c1. The fourth-order valence-electron chi connectivity index (χ4n) is 1.85. The van der Waals surface area contributed by atoms with Crippen molar-refractivity contribution >= 4 is 27.1 Å². The van der Waals surface area contributed by atoms with Gasteiger partial charge >= 0.3 is 0 Å². The van der Waals surface area contributed by atoms with Gasteiger partial charge in [0.25, 0.3) is 0 Å². The molecular weight excluding hydrogens is 308 g/mol. The quantitative estimate of drug-likeness (QED) is 0.792. The van der Waals surface area contributed by atoms with Crippen LogP contribution in [0.3, 0.4) is 0 Å². The molecule has 0 amide bonds. The lowest BCUT2D eigenvalue weighted by molar-refractivity contribution is 0.101. The third kappa shape index (κ3) is 3.55. The van der Waals surface area contributed by atoms with Crippen molar-refractivity contribution in [1.82, 2.24) is 9.29 Å². The van der Waals surface area contributed by atoms with Crippen molar-refractivity contribution in [3.63, 3.8) is 0 Å². The van der Waals surface area contributed by atoms with Crippen LogP contribution in [0.25, 0.3) is 0 Å². The van der Waals surface area contributed by atoms with Gasteiger partial charge in [0.05, 0.1) is 22.1 Å². The molecule has 112 valence electrons. The summed E-state index contributed by atoms with van der Waals surface area (Å²) in [6.45, 7) is 3.49. The predicted octanol–water partition coefficient (Wildman–Crippen LogP) is 2.47. The summed E-state index contributed by atoms with van der Waals surface area (Å²) in [4.78, 5) is 15.7. The van der Waals surface area contributed by atoms with E-state index >= 15 is 0 Å². The first-order valence-corrected chi connectivity index (χ1v) is 8.61. The van der Waals surface area contributed by atoms with Crippen LogP contribution in [0, 0.1) is 6.92 Å². The van der Waals surface area contributed by atoms with Crippen molar-refractivity contribution in [3.8, 4) is 0 Å². The number of hydrogen-bond donors (Lipinski definition) is 0. The first-order valence-electron chi connectivity index (χ1n) is 6.29. The van der Waals surface area contributed by atoms with Crippen molar-refractivity contribution in [2.75, 3.05) is 7.05 Å². The van der Waals surface area contributed by atoms with E-state index in [1.165, 1.54) is 41.7 Å². The van der Waals surface area contributed by atoms with Gasteiger partial charge in [0.1, 0.15) is 0 Å². The Balaban J connectivity index is 2.28. The van der Waals surface area contributed by atoms with Crippen molar-refractivity contribution in [2.45, 2.75) is 25.3 Å². The second kappa shape index (κ2) is 6.05. The van der Waals surface area contributed by atoms with E-state index in [2.05, 4.69) is 4.98 Å².